The molecule has 1 heterocycles. The SMILES string of the molecule is CNCc1ccc(OC)c(CN2C(=O)CN(C)C2=O)c1. The van der Waals surface area contributed by atoms with Gasteiger partial charge in [-0.1, -0.05) is 6.07 Å². The number of likely N-dealkylation sites (N-methyl/N-ethyl adjacent to an activating group) is 1. The lowest BCUT2D eigenvalue weighted by Gasteiger charge is -2.17. The number of hydrogen-bond acceptors (Lipinski definition) is 4. The minimum Gasteiger partial charge on any atom is -0.496 e. The molecular weight excluding hydrogens is 258 g/mol. The zero-order valence-corrected chi connectivity index (χ0v) is 12.0. The Labute approximate surface area is 118 Å². The monoisotopic (exact) mass is 277 g/mol. The van der Waals surface area contributed by atoms with Gasteiger partial charge >= 0.3 is 6.03 Å². The summed E-state index contributed by atoms with van der Waals surface area (Å²) in [5, 5.41) is 3.07. The maximum Gasteiger partial charge on any atom is 0.327 e. The van der Waals surface area contributed by atoms with E-state index >= 15 is 0 Å². The van der Waals surface area contributed by atoms with Gasteiger partial charge in [-0.3, -0.25) is 9.69 Å². The summed E-state index contributed by atoms with van der Waals surface area (Å²) in [6, 6.07) is 5.50. The summed E-state index contributed by atoms with van der Waals surface area (Å²) in [5.41, 5.74) is 1.91. The maximum atomic E-state index is 11.9. The van der Waals surface area contributed by atoms with Crippen molar-refractivity contribution in [3.05, 3.63) is 29.3 Å². The van der Waals surface area contributed by atoms with E-state index < -0.39 is 0 Å². The number of carbonyl (C=O) groups excluding carboxylic acids is 2. The van der Waals surface area contributed by atoms with E-state index in [2.05, 4.69) is 5.32 Å². The number of imide groups is 1. The minimum absolute atomic E-state index is 0.136. The van der Waals surface area contributed by atoms with Gasteiger partial charge in [-0.15, -0.1) is 0 Å². The molecule has 1 fully saturated rings. The molecule has 1 aromatic carbocycles. The van der Waals surface area contributed by atoms with Crippen molar-refractivity contribution in [1.29, 1.82) is 0 Å². The molecule has 0 saturated carbocycles. The van der Waals surface area contributed by atoms with Crippen LogP contribution in [-0.4, -0.2) is 49.5 Å². The first-order valence-electron chi connectivity index (χ1n) is 6.42. The fraction of sp³-hybridized carbons (Fsp3) is 0.429. The quantitative estimate of drug-likeness (QED) is 0.809. The average Bonchev–Trinajstić information content (AvgIpc) is 2.66. The summed E-state index contributed by atoms with van der Waals surface area (Å²) in [7, 11) is 5.07. The first-order chi connectivity index (χ1) is 9.56. The molecule has 1 saturated heterocycles. The van der Waals surface area contributed by atoms with Crippen LogP contribution in [0.5, 0.6) is 5.75 Å². The third-order valence-electron chi connectivity index (χ3n) is 3.29. The van der Waals surface area contributed by atoms with Gasteiger partial charge in [0.25, 0.3) is 5.91 Å². The third kappa shape index (κ3) is 2.75. The molecule has 20 heavy (non-hydrogen) atoms. The molecular formula is C14H19N3O3. The Bertz CT molecular complexity index is 530. The molecule has 1 aliphatic heterocycles. The second-order valence-corrected chi connectivity index (χ2v) is 4.80. The van der Waals surface area contributed by atoms with E-state index in [1.165, 1.54) is 9.80 Å². The van der Waals surface area contributed by atoms with Gasteiger partial charge in [0.1, 0.15) is 12.3 Å². The lowest BCUT2D eigenvalue weighted by molar-refractivity contribution is -0.125. The lowest BCUT2D eigenvalue weighted by Crippen LogP contribution is -2.31. The number of nitrogens with zero attached hydrogens (tertiary/aromatic N) is 2. The van der Waals surface area contributed by atoms with E-state index in [9.17, 15) is 9.59 Å². The Kier molecular flexibility index (Phi) is 4.24. The maximum absolute atomic E-state index is 11.9. The van der Waals surface area contributed by atoms with Gasteiger partial charge in [-0.2, -0.15) is 0 Å². The predicted octanol–water partition coefficient (Wildman–Crippen LogP) is 0.809. The number of carbonyl (C=O) groups is 2. The van der Waals surface area contributed by atoms with Crippen LogP contribution in [0, 0.1) is 0 Å². The van der Waals surface area contributed by atoms with Crippen LogP contribution in [0.25, 0.3) is 0 Å². The molecule has 6 heteroatoms. The lowest BCUT2D eigenvalue weighted by atomic mass is 10.1. The molecule has 0 unspecified atom stereocenters. The van der Waals surface area contributed by atoms with E-state index in [0.717, 1.165) is 17.7 Å². The van der Waals surface area contributed by atoms with Crippen LogP contribution in [0.3, 0.4) is 0 Å². The van der Waals surface area contributed by atoms with Crippen LogP contribution in [0.15, 0.2) is 18.2 Å². The Morgan fingerprint density at radius 3 is 2.65 bits per heavy atom. The van der Waals surface area contributed by atoms with Gasteiger partial charge < -0.3 is 15.0 Å². The second-order valence-electron chi connectivity index (χ2n) is 4.80. The largest absolute Gasteiger partial charge is 0.496 e. The summed E-state index contributed by atoms with van der Waals surface area (Å²) in [6.45, 7) is 1.10. The standard InChI is InChI=1S/C14H19N3O3/c1-15-7-10-4-5-12(20-3)11(6-10)8-17-13(18)9-16(2)14(17)19/h4-6,15H,7-9H2,1-3H3. The molecule has 1 aromatic rings. The van der Waals surface area contributed by atoms with Crippen molar-refractivity contribution in [1.82, 2.24) is 15.1 Å². The highest BCUT2D eigenvalue weighted by Gasteiger charge is 2.33. The van der Waals surface area contributed by atoms with Crippen molar-refractivity contribution in [3.8, 4) is 5.75 Å². The second kappa shape index (κ2) is 5.92. The summed E-state index contributed by atoms with van der Waals surface area (Å²) < 4.78 is 5.30. The van der Waals surface area contributed by atoms with E-state index in [0.29, 0.717) is 5.75 Å². The zero-order valence-electron chi connectivity index (χ0n) is 12.0. The molecule has 6 nitrogen and oxygen atoms in total. The Balaban J connectivity index is 2.25. The number of ether oxygens (including phenoxy) is 1. The molecule has 1 aliphatic rings. The van der Waals surface area contributed by atoms with E-state index in [1.54, 1.807) is 14.2 Å². The molecule has 2 rings (SSSR count). The summed E-state index contributed by atoms with van der Waals surface area (Å²) in [5.74, 6) is 0.499. The van der Waals surface area contributed by atoms with Gasteiger partial charge in [0, 0.05) is 19.2 Å². The normalized spacial score (nSPS) is 15.2. The van der Waals surface area contributed by atoms with Crippen molar-refractivity contribution in [2.75, 3.05) is 27.7 Å². The van der Waals surface area contributed by atoms with Gasteiger partial charge in [0.2, 0.25) is 0 Å². The Morgan fingerprint density at radius 2 is 2.10 bits per heavy atom. The van der Waals surface area contributed by atoms with E-state index in [4.69, 9.17) is 4.74 Å². The number of rotatable bonds is 5. The molecule has 0 radical (unpaired) electrons. The predicted molar refractivity (Wildman–Crippen MR) is 74.3 cm³/mol. The smallest absolute Gasteiger partial charge is 0.327 e. The highest BCUT2D eigenvalue weighted by Crippen LogP contribution is 2.23. The zero-order chi connectivity index (χ0) is 14.7. The summed E-state index contributed by atoms with van der Waals surface area (Å²) >= 11 is 0. The number of hydrogen-bond donors (Lipinski definition) is 1. The Morgan fingerprint density at radius 1 is 1.35 bits per heavy atom. The summed E-state index contributed by atoms with van der Waals surface area (Å²) in [6.07, 6.45) is 0. The molecule has 3 amide bonds. The third-order valence-corrected chi connectivity index (χ3v) is 3.29. The summed E-state index contributed by atoms with van der Waals surface area (Å²) in [4.78, 5) is 26.4. The number of nitrogens with one attached hydrogen (secondary N) is 1. The van der Waals surface area contributed by atoms with Gasteiger partial charge in [0.05, 0.1) is 13.7 Å². The van der Waals surface area contributed by atoms with Crippen molar-refractivity contribution in [2.24, 2.45) is 0 Å². The van der Waals surface area contributed by atoms with Crippen LogP contribution >= 0.6 is 0 Å². The number of amides is 3. The molecule has 0 spiro atoms. The number of benzene rings is 1. The van der Waals surface area contributed by atoms with E-state index in [-0.39, 0.29) is 25.0 Å². The topological polar surface area (TPSA) is 61.9 Å². The highest BCUT2D eigenvalue weighted by molar-refractivity contribution is 6.01. The molecule has 0 aliphatic carbocycles. The fourth-order valence-corrected chi connectivity index (χ4v) is 2.26. The molecule has 0 aromatic heterocycles. The molecule has 108 valence electrons. The highest BCUT2D eigenvalue weighted by atomic mass is 16.5. The van der Waals surface area contributed by atoms with Crippen molar-refractivity contribution >= 4 is 11.9 Å². The van der Waals surface area contributed by atoms with Crippen LogP contribution in [-0.2, 0) is 17.9 Å². The van der Waals surface area contributed by atoms with Crippen LogP contribution in [0.1, 0.15) is 11.1 Å². The minimum atomic E-state index is -0.268. The molecule has 0 atom stereocenters. The van der Waals surface area contributed by atoms with Crippen LogP contribution < -0.4 is 10.1 Å². The van der Waals surface area contributed by atoms with Crippen molar-refractivity contribution in [3.63, 3.8) is 0 Å². The molecule has 1 N–H and O–H groups in total. The van der Waals surface area contributed by atoms with Crippen molar-refractivity contribution < 1.29 is 14.3 Å². The first kappa shape index (κ1) is 14.3. The fourth-order valence-electron chi connectivity index (χ4n) is 2.26. The van der Waals surface area contributed by atoms with Gasteiger partial charge in [-0.25, -0.2) is 4.79 Å². The number of methoxy groups -OCH3 is 1. The van der Waals surface area contributed by atoms with Crippen LogP contribution in [0.2, 0.25) is 0 Å². The van der Waals surface area contributed by atoms with Crippen molar-refractivity contribution in [2.45, 2.75) is 13.1 Å². The van der Waals surface area contributed by atoms with Gasteiger partial charge in [0.15, 0.2) is 0 Å². The molecule has 0 bridgehead atoms. The average molecular weight is 277 g/mol. The first-order valence-corrected chi connectivity index (χ1v) is 6.42. The number of urea groups is 1. The van der Waals surface area contributed by atoms with E-state index in [1.807, 2.05) is 25.2 Å². The Hall–Kier alpha value is -2.08. The van der Waals surface area contributed by atoms with Gasteiger partial charge in [-0.05, 0) is 24.7 Å². The van der Waals surface area contributed by atoms with Crippen LogP contribution in [0.4, 0.5) is 4.79 Å².